The topological polar surface area (TPSA) is 77.2 Å². The highest BCUT2D eigenvalue weighted by Crippen LogP contribution is 2.12. The van der Waals surface area contributed by atoms with Gasteiger partial charge in [0.25, 0.3) is 0 Å². The van der Waals surface area contributed by atoms with Gasteiger partial charge >= 0.3 is 0 Å². The Hall–Kier alpha value is -2.19. The number of carbonyl (C=O) groups excluding carboxylic acids is 3. The van der Waals surface area contributed by atoms with Gasteiger partial charge in [0.05, 0.1) is 5.92 Å². The van der Waals surface area contributed by atoms with Crippen LogP contribution in [0.15, 0.2) is 36.9 Å². The molecule has 2 N–H and O–H groups in total. The molecule has 0 saturated carbocycles. The molecule has 0 radical (unpaired) electrons. The van der Waals surface area contributed by atoms with E-state index in [1.54, 1.807) is 6.92 Å². The van der Waals surface area contributed by atoms with Crippen molar-refractivity contribution in [2.75, 3.05) is 0 Å². The number of amides is 1. The minimum absolute atomic E-state index is 0.167. The van der Waals surface area contributed by atoms with E-state index in [2.05, 4.69) is 6.58 Å². The Bertz CT molecular complexity index is 389. The summed E-state index contributed by atoms with van der Waals surface area (Å²) in [6.07, 6.45) is 0. The van der Waals surface area contributed by atoms with Gasteiger partial charge in [-0.25, -0.2) is 4.79 Å². The van der Waals surface area contributed by atoms with Crippen LogP contribution in [-0.2, 0) is 14.4 Å². The zero-order valence-electron chi connectivity index (χ0n) is 11.0. The van der Waals surface area contributed by atoms with E-state index < -0.39 is 0 Å². The molecule has 1 aromatic carbocycles. The van der Waals surface area contributed by atoms with E-state index in [-0.39, 0.29) is 17.6 Å². The molecule has 0 aliphatic heterocycles. The number of carbonyl (C=O) groups is 2. The Morgan fingerprint density at radius 3 is 1.83 bits per heavy atom. The van der Waals surface area contributed by atoms with Crippen molar-refractivity contribution in [2.24, 2.45) is 5.73 Å². The summed E-state index contributed by atoms with van der Waals surface area (Å²) in [5.41, 5.74) is 6.10. The number of rotatable bonds is 2. The summed E-state index contributed by atoms with van der Waals surface area (Å²) in [5.74, 6) is 0.951. The smallest absolute Gasteiger partial charge is 0.224 e. The second-order valence-electron chi connectivity index (χ2n) is 3.59. The third-order valence-corrected chi connectivity index (χ3v) is 1.73. The van der Waals surface area contributed by atoms with Crippen molar-refractivity contribution in [2.45, 2.75) is 26.7 Å². The first-order valence-electron chi connectivity index (χ1n) is 5.32. The van der Waals surface area contributed by atoms with Gasteiger partial charge in [-0.3, -0.25) is 4.79 Å². The van der Waals surface area contributed by atoms with Crippen LogP contribution >= 0.6 is 0 Å². The normalized spacial score (nSPS) is 9.50. The number of hydrogen-bond donors (Lipinski definition) is 1. The van der Waals surface area contributed by atoms with Crippen LogP contribution in [0.1, 0.15) is 32.3 Å². The summed E-state index contributed by atoms with van der Waals surface area (Å²) >= 11 is 0. The fourth-order valence-electron chi connectivity index (χ4n) is 0.906. The summed E-state index contributed by atoms with van der Waals surface area (Å²) in [6.45, 7) is 7.54. The van der Waals surface area contributed by atoms with E-state index in [4.69, 9.17) is 10.5 Å². The summed E-state index contributed by atoms with van der Waals surface area (Å²) < 4.78 is 0. The Kier molecular flexibility index (Phi) is 11.4. The lowest BCUT2D eigenvalue weighted by Gasteiger charge is -2.05. The first-order valence-corrected chi connectivity index (χ1v) is 5.32. The van der Waals surface area contributed by atoms with E-state index >= 15 is 0 Å². The molecule has 0 aromatic heterocycles. The molecule has 0 fully saturated rings. The number of hydrogen-bond acceptors (Lipinski definition) is 3. The van der Waals surface area contributed by atoms with Crippen LogP contribution in [0.5, 0.6) is 0 Å². The molecule has 18 heavy (non-hydrogen) atoms. The molecule has 4 nitrogen and oxygen atoms in total. The number of nitrogens with two attached hydrogens (primary N) is 1. The van der Waals surface area contributed by atoms with Crippen molar-refractivity contribution < 1.29 is 14.4 Å². The monoisotopic (exact) mass is 249 g/mol. The Morgan fingerprint density at radius 2 is 1.56 bits per heavy atom. The van der Waals surface area contributed by atoms with Gasteiger partial charge in [0, 0.05) is 0 Å². The molecule has 98 valence electrons. The zero-order valence-corrected chi connectivity index (χ0v) is 11.0. The average molecular weight is 249 g/mol. The lowest BCUT2D eigenvalue weighted by atomic mass is 10.0. The van der Waals surface area contributed by atoms with Crippen molar-refractivity contribution in [3.63, 3.8) is 0 Å². The van der Waals surface area contributed by atoms with E-state index in [0.717, 1.165) is 5.56 Å². The fraction of sp³-hybridized carbons (Fsp3) is 0.286. The highest BCUT2D eigenvalue weighted by atomic mass is 16.1. The maximum absolute atomic E-state index is 10.7. The van der Waals surface area contributed by atoms with Crippen molar-refractivity contribution in [3.05, 3.63) is 42.5 Å². The first-order chi connectivity index (χ1) is 8.36. The summed E-state index contributed by atoms with van der Waals surface area (Å²) in [7, 11) is 0. The SMILES string of the molecule is C=C=O.CC(C(N)=O)c1ccccc1.CC(C)=O. The van der Waals surface area contributed by atoms with Crippen LogP contribution in [0.2, 0.25) is 0 Å². The number of ketones is 1. The van der Waals surface area contributed by atoms with Crippen LogP contribution in [0.25, 0.3) is 0 Å². The summed E-state index contributed by atoms with van der Waals surface area (Å²) in [5, 5.41) is 0. The fourth-order valence-corrected chi connectivity index (χ4v) is 0.906. The van der Waals surface area contributed by atoms with Gasteiger partial charge in [-0.2, -0.15) is 0 Å². The van der Waals surface area contributed by atoms with Crippen LogP contribution in [-0.4, -0.2) is 17.6 Å². The Labute approximate surface area is 107 Å². The third-order valence-electron chi connectivity index (χ3n) is 1.73. The molecule has 0 bridgehead atoms. The van der Waals surface area contributed by atoms with Gasteiger partial charge in [-0.1, -0.05) is 30.3 Å². The maximum atomic E-state index is 10.7. The number of benzene rings is 1. The van der Waals surface area contributed by atoms with Crippen molar-refractivity contribution in [1.82, 2.24) is 0 Å². The van der Waals surface area contributed by atoms with E-state index in [0.29, 0.717) is 0 Å². The minimum Gasteiger partial charge on any atom is -0.369 e. The van der Waals surface area contributed by atoms with Crippen molar-refractivity contribution in [3.8, 4) is 0 Å². The van der Waals surface area contributed by atoms with Gasteiger partial charge in [-0.05, 0) is 32.9 Å². The number of Topliss-reactive ketones (excluding diaryl/α,β-unsaturated/α-hetero) is 1. The molecule has 0 spiro atoms. The van der Waals surface area contributed by atoms with Crippen LogP contribution in [0.3, 0.4) is 0 Å². The summed E-state index contributed by atoms with van der Waals surface area (Å²) in [4.78, 5) is 28.7. The predicted octanol–water partition coefficient (Wildman–Crippen LogP) is 1.87. The first kappa shape index (κ1) is 18.2. The van der Waals surface area contributed by atoms with E-state index in [1.807, 2.05) is 30.3 Å². The molecule has 1 rings (SSSR count). The number of primary amides is 1. The molecular weight excluding hydrogens is 230 g/mol. The highest BCUT2D eigenvalue weighted by Gasteiger charge is 2.09. The summed E-state index contributed by atoms with van der Waals surface area (Å²) in [6, 6.07) is 9.51. The second kappa shape index (κ2) is 11.3. The molecule has 0 saturated heterocycles. The standard InChI is InChI=1S/C9H11NO.C3H6O.C2H2O/c1-7(9(10)11)8-5-3-2-4-6-8;1-3(2)4;1-2-3/h2-7H,1H3,(H2,10,11);1-2H3;1H2. The van der Waals surface area contributed by atoms with Crippen molar-refractivity contribution >= 4 is 17.6 Å². The lowest BCUT2D eigenvalue weighted by molar-refractivity contribution is -0.119. The molecular formula is C14H19NO3. The van der Waals surface area contributed by atoms with E-state index in [1.165, 1.54) is 19.8 Å². The van der Waals surface area contributed by atoms with Gasteiger partial charge < -0.3 is 10.5 Å². The largest absolute Gasteiger partial charge is 0.369 e. The highest BCUT2D eigenvalue weighted by molar-refractivity contribution is 5.81. The quantitative estimate of drug-likeness (QED) is 0.813. The lowest BCUT2D eigenvalue weighted by Crippen LogP contribution is -2.18. The molecule has 1 aromatic rings. The van der Waals surface area contributed by atoms with Crippen LogP contribution in [0, 0.1) is 0 Å². The van der Waals surface area contributed by atoms with Crippen molar-refractivity contribution in [1.29, 1.82) is 0 Å². The molecule has 0 aliphatic carbocycles. The maximum Gasteiger partial charge on any atom is 0.224 e. The zero-order chi connectivity index (χ0) is 14.6. The van der Waals surface area contributed by atoms with Gasteiger partial charge in [0.1, 0.15) is 11.7 Å². The third kappa shape index (κ3) is 11.9. The molecule has 1 atom stereocenters. The molecule has 4 heteroatoms. The molecule has 0 heterocycles. The van der Waals surface area contributed by atoms with Crippen LogP contribution in [0.4, 0.5) is 0 Å². The Balaban J connectivity index is 0. The molecule has 1 unspecified atom stereocenters. The minimum atomic E-state index is -0.281. The Morgan fingerprint density at radius 1 is 1.22 bits per heavy atom. The van der Waals surface area contributed by atoms with E-state index in [9.17, 15) is 9.59 Å². The average Bonchev–Trinajstić information content (AvgIpc) is 2.29. The van der Waals surface area contributed by atoms with Crippen LogP contribution < -0.4 is 5.73 Å². The van der Waals surface area contributed by atoms with Gasteiger partial charge in [0.15, 0.2) is 0 Å². The second-order valence-corrected chi connectivity index (χ2v) is 3.59. The molecule has 0 aliphatic rings. The van der Waals surface area contributed by atoms with Gasteiger partial charge in [0.2, 0.25) is 5.91 Å². The predicted molar refractivity (Wildman–Crippen MR) is 71.7 cm³/mol. The molecule has 1 amide bonds. The van der Waals surface area contributed by atoms with Gasteiger partial charge in [-0.15, -0.1) is 0 Å².